The van der Waals surface area contributed by atoms with Gasteiger partial charge < -0.3 is 10.3 Å². The minimum atomic E-state index is 0.130. The summed E-state index contributed by atoms with van der Waals surface area (Å²) in [7, 11) is 0. The Morgan fingerprint density at radius 2 is 2.07 bits per heavy atom. The predicted octanol–water partition coefficient (Wildman–Crippen LogP) is 1.49. The van der Waals surface area contributed by atoms with Crippen LogP contribution in [-0.4, -0.2) is 15.4 Å². The van der Waals surface area contributed by atoms with E-state index in [0.29, 0.717) is 6.54 Å². The molecule has 0 unspecified atom stereocenters. The number of aromatic nitrogens is 2. The molecule has 0 radical (unpaired) electrons. The molecular formula is C11H12N4. The summed E-state index contributed by atoms with van der Waals surface area (Å²) < 4.78 is 1.86. The lowest BCUT2D eigenvalue weighted by atomic mass is 10.2. The third kappa shape index (κ3) is 2.04. The van der Waals surface area contributed by atoms with Crippen LogP contribution in [-0.2, 0) is 6.54 Å². The summed E-state index contributed by atoms with van der Waals surface area (Å²) >= 11 is 0. The number of benzene rings is 1. The number of nitrogens with one attached hydrogen (secondary N) is 1. The zero-order valence-corrected chi connectivity index (χ0v) is 8.22. The number of hydrogen-bond acceptors (Lipinski definition) is 2. The first-order valence-corrected chi connectivity index (χ1v) is 4.67. The van der Waals surface area contributed by atoms with Gasteiger partial charge in [0, 0.05) is 18.0 Å². The van der Waals surface area contributed by atoms with Gasteiger partial charge in [-0.3, -0.25) is 5.41 Å². The first kappa shape index (κ1) is 9.45. The van der Waals surface area contributed by atoms with E-state index in [0.717, 1.165) is 11.4 Å². The summed E-state index contributed by atoms with van der Waals surface area (Å²) in [5.74, 6) is 0.969. The SMILES string of the molecule is N=C(N)Cn1ccnc1-c1ccccc1. The topological polar surface area (TPSA) is 67.7 Å². The van der Waals surface area contributed by atoms with E-state index < -0.39 is 0 Å². The molecule has 0 bridgehead atoms. The average molecular weight is 200 g/mol. The summed E-state index contributed by atoms with van der Waals surface area (Å²) in [4.78, 5) is 4.25. The molecular weight excluding hydrogens is 188 g/mol. The van der Waals surface area contributed by atoms with Crippen LogP contribution < -0.4 is 5.73 Å². The van der Waals surface area contributed by atoms with Gasteiger partial charge in [0.2, 0.25) is 0 Å². The lowest BCUT2D eigenvalue weighted by molar-refractivity contribution is 0.850. The van der Waals surface area contributed by atoms with E-state index >= 15 is 0 Å². The van der Waals surface area contributed by atoms with E-state index in [-0.39, 0.29) is 5.84 Å². The maximum absolute atomic E-state index is 7.26. The number of nitrogens with zero attached hydrogens (tertiary/aromatic N) is 2. The Morgan fingerprint density at radius 1 is 1.33 bits per heavy atom. The Morgan fingerprint density at radius 3 is 2.73 bits per heavy atom. The molecule has 0 aliphatic carbocycles. The van der Waals surface area contributed by atoms with Crippen molar-refractivity contribution in [3.63, 3.8) is 0 Å². The first-order chi connectivity index (χ1) is 7.27. The molecule has 1 aromatic heterocycles. The molecule has 2 rings (SSSR count). The molecule has 3 N–H and O–H groups in total. The number of hydrogen-bond donors (Lipinski definition) is 2. The Kier molecular flexibility index (Phi) is 2.49. The van der Waals surface area contributed by atoms with E-state index in [1.54, 1.807) is 6.20 Å². The Bertz CT molecular complexity index is 458. The Hall–Kier alpha value is -2.10. The maximum Gasteiger partial charge on any atom is 0.140 e. The van der Waals surface area contributed by atoms with E-state index in [2.05, 4.69) is 4.98 Å². The van der Waals surface area contributed by atoms with Gasteiger partial charge in [-0.15, -0.1) is 0 Å². The molecule has 1 heterocycles. The third-order valence-corrected chi connectivity index (χ3v) is 2.09. The molecule has 0 saturated carbocycles. The van der Waals surface area contributed by atoms with Crippen molar-refractivity contribution in [1.29, 1.82) is 5.41 Å². The normalized spacial score (nSPS) is 10.1. The molecule has 1 aromatic carbocycles. The van der Waals surface area contributed by atoms with Gasteiger partial charge in [-0.25, -0.2) is 4.98 Å². The van der Waals surface area contributed by atoms with E-state index in [1.165, 1.54) is 0 Å². The van der Waals surface area contributed by atoms with Crippen LogP contribution in [0, 0.1) is 5.41 Å². The highest BCUT2D eigenvalue weighted by Gasteiger charge is 2.05. The van der Waals surface area contributed by atoms with Crippen molar-refractivity contribution in [2.75, 3.05) is 0 Å². The summed E-state index contributed by atoms with van der Waals surface area (Å²) in [5, 5.41) is 7.26. The molecule has 0 amide bonds. The zero-order chi connectivity index (χ0) is 10.7. The second-order valence-corrected chi connectivity index (χ2v) is 3.27. The minimum Gasteiger partial charge on any atom is -0.386 e. The second-order valence-electron chi connectivity index (χ2n) is 3.27. The minimum absolute atomic E-state index is 0.130. The molecule has 0 aliphatic heterocycles. The molecule has 0 spiro atoms. The molecule has 0 saturated heterocycles. The fraction of sp³-hybridized carbons (Fsp3) is 0.0909. The van der Waals surface area contributed by atoms with Crippen LogP contribution in [0.3, 0.4) is 0 Å². The van der Waals surface area contributed by atoms with Gasteiger partial charge >= 0.3 is 0 Å². The molecule has 4 nitrogen and oxygen atoms in total. The summed E-state index contributed by atoms with van der Waals surface area (Å²) in [6, 6.07) is 9.85. The lowest BCUT2D eigenvalue weighted by Crippen LogP contribution is -2.17. The van der Waals surface area contributed by atoms with Gasteiger partial charge in [0.25, 0.3) is 0 Å². The van der Waals surface area contributed by atoms with Gasteiger partial charge in [-0.1, -0.05) is 30.3 Å². The highest BCUT2D eigenvalue weighted by molar-refractivity contribution is 5.77. The summed E-state index contributed by atoms with van der Waals surface area (Å²) in [6.07, 6.45) is 3.54. The highest BCUT2D eigenvalue weighted by Crippen LogP contribution is 2.16. The van der Waals surface area contributed by atoms with E-state index in [1.807, 2.05) is 41.1 Å². The number of imidazole rings is 1. The lowest BCUT2D eigenvalue weighted by Gasteiger charge is -2.05. The zero-order valence-electron chi connectivity index (χ0n) is 8.22. The monoisotopic (exact) mass is 200 g/mol. The van der Waals surface area contributed by atoms with Crippen molar-refractivity contribution in [2.24, 2.45) is 5.73 Å². The molecule has 76 valence electrons. The van der Waals surface area contributed by atoms with Crippen LogP contribution in [0.15, 0.2) is 42.7 Å². The number of rotatable bonds is 3. The molecule has 0 atom stereocenters. The van der Waals surface area contributed by atoms with Gasteiger partial charge in [0.05, 0.1) is 6.54 Å². The average Bonchev–Trinajstić information content (AvgIpc) is 2.66. The molecule has 0 fully saturated rings. The fourth-order valence-electron chi connectivity index (χ4n) is 1.47. The van der Waals surface area contributed by atoms with Crippen molar-refractivity contribution < 1.29 is 0 Å². The standard InChI is InChI=1S/C11H12N4/c12-10(13)8-15-7-6-14-11(15)9-4-2-1-3-5-9/h1-7H,8H2,(H3,12,13). The molecule has 4 heteroatoms. The first-order valence-electron chi connectivity index (χ1n) is 4.67. The van der Waals surface area contributed by atoms with Gasteiger partial charge in [-0.05, 0) is 0 Å². The number of amidine groups is 1. The van der Waals surface area contributed by atoms with Crippen LogP contribution in [0.1, 0.15) is 0 Å². The van der Waals surface area contributed by atoms with Crippen molar-refractivity contribution in [2.45, 2.75) is 6.54 Å². The number of nitrogens with two attached hydrogens (primary N) is 1. The van der Waals surface area contributed by atoms with Gasteiger partial charge in [0.1, 0.15) is 11.7 Å². The largest absolute Gasteiger partial charge is 0.386 e. The van der Waals surface area contributed by atoms with Crippen molar-refractivity contribution in [1.82, 2.24) is 9.55 Å². The van der Waals surface area contributed by atoms with E-state index in [4.69, 9.17) is 11.1 Å². The molecule has 15 heavy (non-hydrogen) atoms. The van der Waals surface area contributed by atoms with Crippen LogP contribution >= 0.6 is 0 Å². The highest BCUT2D eigenvalue weighted by atomic mass is 15.1. The third-order valence-electron chi connectivity index (χ3n) is 2.09. The van der Waals surface area contributed by atoms with Crippen molar-refractivity contribution in [3.05, 3.63) is 42.7 Å². The maximum atomic E-state index is 7.26. The van der Waals surface area contributed by atoms with E-state index in [9.17, 15) is 0 Å². The quantitative estimate of drug-likeness (QED) is 0.582. The summed E-state index contributed by atoms with van der Waals surface area (Å²) in [5.41, 5.74) is 6.40. The molecule has 2 aromatic rings. The Labute approximate surface area is 87.9 Å². The predicted molar refractivity (Wildman–Crippen MR) is 59.6 cm³/mol. The van der Waals surface area contributed by atoms with Gasteiger partial charge in [-0.2, -0.15) is 0 Å². The van der Waals surface area contributed by atoms with Crippen LogP contribution in [0.25, 0.3) is 11.4 Å². The Balaban J connectivity index is 2.37. The second kappa shape index (κ2) is 3.96. The molecule has 0 aliphatic rings. The van der Waals surface area contributed by atoms with Crippen LogP contribution in [0.5, 0.6) is 0 Å². The fourth-order valence-corrected chi connectivity index (χ4v) is 1.47. The summed E-state index contributed by atoms with van der Waals surface area (Å²) in [6.45, 7) is 0.379. The van der Waals surface area contributed by atoms with Gasteiger partial charge in [0.15, 0.2) is 0 Å². The van der Waals surface area contributed by atoms with Crippen LogP contribution in [0.4, 0.5) is 0 Å². The van der Waals surface area contributed by atoms with Crippen LogP contribution in [0.2, 0.25) is 0 Å². The van der Waals surface area contributed by atoms with Crippen molar-refractivity contribution in [3.8, 4) is 11.4 Å². The smallest absolute Gasteiger partial charge is 0.140 e. The van der Waals surface area contributed by atoms with Crippen molar-refractivity contribution >= 4 is 5.84 Å².